The third-order valence-corrected chi connectivity index (χ3v) is 3.24. The first-order valence-corrected chi connectivity index (χ1v) is 6.92. The molecule has 0 radical (unpaired) electrons. The van der Waals surface area contributed by atoms with E-state index in [4.69, 9.17) is 9.84 Å². The van der Waals surface area contributed by atoms with Gasteiger partial charge in [-0.3, -0.25) is 4.79 Å². The molecule has 18 heavy (non-hydrogen) atoms. The molecule has 1 aliphatic heterocycles. The summed E-state index contributed by atoms with van der Waals surface area (Å²) in [5.74, 6) is 0.276. The fourth-order valence-corrected chi connectivity index (χ4v) is 1.98. The van der Waals surface area contributed by atoms with Crippen LogP contribution in [-0.4, -0.2) is 50.0 Å². The summed E-state index contributed by atoms with van der Waals surface area (Å²) in [6.07, 6.45) is 4.04. The van der Waals surface area contributed by atoms with E-state index in [2.05, 4.69) is 10.6 Å². The molecule has 1 amide bonds. The molecule has 1 unspecified atom stereocenters. The van der Waals surface area contributed by atoms with Crippen LogP contribution in [0.2, 0.25) is 0 Å². The highest BCUT2D eigenvalue weighted by Crippen LogP contribution is 2.06. The molecule has 0 spiro atoms. The normalized spacial score (nSPS) is 18.6. The van der Waals surface area contributed by atoms with Crippen molar-refractivity contribution in [3.05, 3.63) is 0 Å². The van der Waals surface area contributed by atoms with Gasteiger partial charge in [0.25, 0.3) is 0 Å². The lowest BCUT2D eigenvalue weighted by Gasteiger charge is -2.22. The Hall–Kier alpha value is -0.650. The van der Waals surface area contributed by atoms with Gasteiger partial charge < -0.3 is 20.5 Å². The van der Waals surface area contributed by atoms with Crippen molar-refractivity contribution in [3.63, 3.8) is 0 Å². The fraction of sp³-hybridized carbons (Fsp3) is 0.923. The van der Waals surface area contributed by atoms with Gasteiger partial charge in [0.05, 0.1) is 6.10 Å². The van der Waals surface area contributed by atoms with E-state index in [9.17, 15) is 4.79 Å². The second-order valence-electron chi connectivity index (χ2n) is 5.04. The summed E-state index contributed by atoms with van der Waals surface area (Å²) >= 11 is 0. The third-order valence-electron chi connectivity index (χ3n) is 3.24. The lowest BCUT2D eigenvalue weighted by molar-refractivity contribution is -0.128. The summed E-state index contributed by atoms with van der Waals surface area (Å²) in [6.45, 7) is 5.00. The van der Waals surface area contributed by atoms with Crippen LogP contribution in [0.4, 0.5) is 0 Å². The van der Waals surface area contributed by atoms with Crippen LogP contribution in [0.5, 0.6) is 0 Å². The van der Waals surface area contributed by atoms with Crippen LogP contribution >= 0.6 is 0 Å². The van der Waals surface area contributed by atoms with E-state index in [1.165, 1.54) is 0 Å². The van der Waals surface area contributed by atoms with E-state index in [1.807, 2.05) is 6.92 Å². The number of aliphatic hydroxyl groups is 1. The second-order valence-corrected chi connectivity index (χ2v) is 5.04. The highest BCUT2D eigenvalue weighted by Gasteiger charge is 2.14. The Kier molecular flexibility index (Phi) is 7.96. The predicted octanol–water partition coefficient (Wildman–Crippen LogP) is 0.280. The van der Waals surface area contributed by atoms with E-state index in [0.717, 1.165) is 38.8 Å². The molecule has 1 aliphatic rings. The third kappa shape index (κ3) is 6.93. The number of carbonyl (C=O) groups is 1. The standard InChI is InChI=1S/C13H26N2O3/c1-11(9-16)3-2-6-15-13(17)10-18-12-4-7-14-8-5-12/h11-12,14,16H,2-10H2,1H3,(H,15,17). The number of carbonyl (C=O) groups excluding carboxylic acids is 1. The molecule has 1 atom stereocenters. The van der Waals surface area contributed by atoms with Crippen molar-refractivity contribution in [2.45, 2.75) is 38.7 Å². The van der Waals surface area contributed by atoms with Gasteiger partial charge in [-0.2, -0.15) is 0 Å². The molecule has 3 N–H and O–H groups in total. The number of hydrogen-bond donors (Lipinski definition) is 3. The molecule has 1 heterocycles. The number of rotatable bonds is 8. The number of piperidine rings is 1. The fourth-order valence-electron chi connectivity index (χ4n) is 1.98. The molecule has 5 nitrogen and oxygen atoms in total. The molecule has 1 rings (SSSR count). The van der Waals surface area contributed by atoms with Gasteiger partial charge in [0.1, 0.15) is 6.61 Å². The van der Waals surface area contributed by atoms with Crippen LogP contribution in [0.1, 0.15) is 32.6 Å². The van der Waals surface area contributed by atoms with Crippen molar-refractivity contribution >= 4 is 5.91 Å². The molecule has 0 saturated carbocycles. The SMILES string of the molecule is CC(CO)CCCNC(=O)COC1CCNCC1. The van der Waals surface area contributed by atoms with Crippen LogP contribution < -0.4 is 10.6 Å². The molecule has 0 aromatic heterocycles. The molecule has 0 aromatic carbocycles. The Morgan fingerprint density at radius 3 is 2.89 bits per heavy atom. The summed E-state index contributed by atoms with van der Waals surface area (Å²) in [6, 6.07) is 0. The van der Waals surface area contributed by atoms with Gasteiger partial charge in [-0.25, -0.2) is 0 Å². The maximum Gasteiger partial charge on any atom is 0.246 e. The second kappa shape index (κ2) is 9.30. The number of hydrogen-bond acceptors (Lipinski definition) is 4. The summed E-state index contributed by atoms with van der Waals surface area (Å²) < 4.78 is 5.55. The Morgan fingerprint density at radius 1 is 1.50 bits per heavy atom. The van der Waals surface area contributed by atoms with Gasteiger partial charge in [0, 0.05) is 13.2 Å². The van der Waals surface area contributed by atoms with Gasteiger partial charge in [-0.1, -0.05) is 6.92 Å². The van der Waals surface area contributed by atoms with Crippen LogP contribution in [-0.2, 0) is 9.53 Å². The molecule has 106 valence electrons. The van der Waals surface area contributed by atoms with Crippen LogP contribution in [0.3, 0.4) is 0 Å². The van der Waals surface area contributed by atoms with E-state index >= 15 is 0 Å². The van der Waals surface area contributed by atoms with Crippen molar-refractivity contribution < 1.29 is 14.6 Å². The van der Waals surface area contributed by atoms with E-state index in [0.29, 0.717) is 12.5 Å². The molecule has 5 heteroatoms. The molecular weight excluding hydrogens is 232 g/mol. The molecule has 1 saturated heterocycles. The number of ether oxygens (including phenoxy) is 1. The zero-order valence-electron chi connectivity index (χ0n) is 11.3. The maximum absolute atomic E-state index is 11.5. The van der Waals surface area contributed by atoms with Gasteiger partial charge in [-0.15, -0.1) is 0 Å². The zero-order chi connectivity index (χ0) is 13.2. The highest BCUT2D eigenvalue weighted by molar-refractivity contribution is 5.77. The predicted molar refractivity (Wildman–Crippen MR) is 70.3 cm³/mol. The summed E-state index contributed by atoms with van der Waals surface area (Å²) in [7, 11) is 0. The quantitative estimate of drug-likeness (QED) is 0.547. The Balaban J connectivity index is 1.96. The number of amides is 1. The average molecular weight is 258 g/mol. The Bertz CT molecular complexity index is 230. The van der Waals surface area contributed by atoms with Crippen molar-refractivity contribution in [1.82, 2.24) is 10.6 Å². The molecular formula is C13H26N2O3. The minimum absolute atomic E-state index is 0.0369. The van der Waals surface area contributed by atoms with Crippen LogP contribution in [0.25, 0.3) is 0 Å². The highest BCUT2D eigenvalue weighted by atomic mass is 16.5. The molecule has 0 aliphatic carbocycles. The number of nitrogens with one attached hydrogen (secondary N) is 2. The van der Waals surface area contributed by atoms with Crippen molar-refractivity contribution in [3.8, 4) is 0 Å². The lowest BCUT2D eigenvalue weighted by Crippen LogP contribution is -2.36. The monoisotopic (exact) mass is 258 g/mol. The lowest BCUT2D eigenvalue weighted by atomic mass is 10.1. The van der Waals surface area contributed by atoms with Crippen molar-refractivity contribution in [1.29, 1.82) is 0 Å². The van der Waals surface area contributed by atoms with Gasteiger partial charge in [-0.05, 0) is 44.7 Å². The minimum Gasteiger partial charge on any atom is -0.396 e. The van der Waals surface area contributed by atoms with Gasteiger partial charge in [0.2, 0.25) is 5.91 Å². The number of aliphatic hydroxyl groups excluding tert-OH is 1. The van der Waals surface area contributed by atoms with Crippen molar-refractivity contribution in [2.75, 3.05) is 32.8 Å². The van der Waals surface area contributed by atoms with Crippen LogP contribution in [0, 0.1) is 5.92 Å². The minimum atomic E-state index is -0.0369. The first-order valence-electron chi connectivity index (χ1n) is 6.92. The van der Waals surface area contributed by atoms with E-state index in [1.54, 1.807) is 0 Å². The Morgan fingerprint density at radius 2 is 2.22 bits per heavy atom. The summed E-state index contributed by atoms with van der Waals surface area (Å²) in [4.78, 5) is 11.5. The maximum atomic E-state index is 11.5. The first kappa shape index (κ1) is 15.4. The van der Waals surface area contributed by atoms with Gasteiger partial charge >= 0.3 is 0 Å². The van der Waals surface area contributed by atoms with Crippen LogP contribution in [0.15, 0.2) is 0 Å². The Labute approximate surface area is 109 Å². The van der Waals surface area contributed by atoms with Gasteiger partial charge in [0.15, 0.2) is 0 Å². The zero-order valence-corrected chi connectivity index (χ0v) is 11.3. The van der Waals surface area contributed by atoms with E-state index < -0.39 is 0 Å². The largest absolute Gasteiger partial charge is 0.396 e. The van der Waals surface area contributed by atoms with E-state index in [-0.39, 0.29) is 25.2 Å². The average Bonchev–Trinajstić information content (AvgIpc) is 2.42. The summed E-state index contributed by atoms with van der Waals surface area (Å²) in [5.41, 5.74) is 0. The smallest absolute Gasteiger partial charge is 0.246 e. The molecule has 0 aromatic rings. The molecule has 0 bridgehead atoms. The van der Waals surface area contributed by atoms with Crippen molar-refractivity contribution in [2.24, 2.45) is 5.92 Å². The topological polar surface area (TPSA) is 70.6 Å². The summed E-state index contributed by atoms with van der Waals surface area (Å²) in [5, 5.41) is 15.0. The molecule has 1 fully saturated rings. The first-order chi connectivity index (χ1) is 8.72.